The summed E-state index contributed by atoms with van der Waals surface area (Å²) < 4.78 is 6.72. The van der Waals surface area contributed by atoms with Crippen molar-refractivity contribution in [3.05, 3.63) is 194 Å². The fourth-order valence-electron chi connectivity index (χ4n) is 10.1. The van der Waals surface area contributed by atoms with E-state index in [0.717, 1.165) is 21.9 Å². The molecule has 0 bridgehead atoms. The lowest BCUT2D eigenvalue weighted by Crippen LogP contribution is -1.92. The van der Waals surface area contributed by atoms with Crippen LogP contribution in [0.3, 0.4) is 0 Å². The number of hydrogen-bond acceptors (Lipinski definition) is 1. The van der Waals surface area contributed by atoms with Gasteiger partial charge in [-0.25, -0.2) is 0 Å². The first-order chi connectivity index (χ1) is 28.3. The van der Waals surface area contributed by atoms with Crippen LogP contribution in [0, 0.1) is 0 Å². The summed E-state index contributed by atoms with van der Waals surface area (Å²) in [6.07, 6.45) is 0. The quantitative estimate of drug-likeness (QED) is 0.128. The molecule has 0 spiro atoms. The highest BCUT2D eigenvalue weighted by Crippen LogP contribution is 2.49. The summed E-state index contributed by atoms with van der Waals surface area (Å²) >= 11 is 0. The number of rotatable bonds is 2. The van der Waals surface area contributed by atoms with E-state index in [2.05, 4.69) is 194 Å². The Bertz CT molecular complexity index is 3750. The van der Waals surface area contributed by atoms with Gasteiger partial charge in [0.15, 0.2) is 0 Å². The van der Waals surface area contributed by atoms with Gasteiger partial charge < -0.3 is 4.42 Å². The molecular formula is C56H32O. The van der Waals surface area contributed by atoms with Crippen molar-refractivity contribution in [3.8, 4) is 22.3 Å². The molecule has 0 N–H and O–H groups in total. The Morgan fingerprint density at radius 2 is 0.614 bits per heavy atom. The maximum absolute atomic E-state index is 6.72. The molecule has 0 saturated heterocycles. The molecule has 0 aliphatic heterocycles. The van der Waals surface area contributed by atoms with Crippen LogP contribution < -0.4 is 0 Å². The lowest BCUT2D eigenvalue weighted by atomic mass is 9.83. The Labute approximate surface area is 327 Å². The molecule has 0 fully saturated rings. The molecule has 0 saturated carbocycles. The van der Waals surface area contributed by atoms with Crippen LogP contribution in [0.2, 0.25) is 0 Å². The van der Waals surface area contributed by atoms with E-state index in [4.69, 9.17) is 4.42 Å². The van der Waals surface area contributed by atoms with Crippen molar-refractivity contribution in [1.29, 1.82) is 0 Å². The highest BCUT2D eigenvalue weighted by atomic mass is 16.3. The van der Waals surface area contributed by atoms with E-state index in [1.54, 1.807) is 0 Å². The van der Waals surface area contributed by atoms with E-state index in [1.807, 2.05) is 0 Å². The van der Waals surface area contributed by atoms with Crippen LogP contribution in [0.4, 0.5) is 0 Å². The van der Waals surface area contributed by atoms with Crippen LogP contribution in [-0.4, -0.2) is 0 Å². The van der Waals surface area contributed by atoms with E-state index >= 15 is 0 Å². The zero-order chi connectivity index (χ0) is 37.2. The van der Waals surface area contributed by atoms with Crippen LogP contribution in [0.1, 0.15) is 0 Å². The molecule has 0 amide bonds. The molecule has 0 radical (unpaired) electrons. The maximum atomic E-state index is 6.72. The van der Waals surface area contributed by atoms with Gasteiger partial charge in [-0.05, 0) is 151 Å². The van der Waals surface area contributed by atoms with Gasteiger partial charge in [0.1, 0.15) is 11.2 Å². The molecule has 0 aliphatic rings. The van der Waals surface area contributed by atoms with E-state index < -0.39 is 0 Å². The van der Waals surface area contributed by atoms with Crippen molar-refractivity contribution in [2.45, 2.75) is 0 Å². The van der Waals surface area contributed by atoms with Crippen LogP contribution in [0.5, 0.6) is 0 Å². The van der Waals surface area contributed by atoms with Gasteiger partial charge in [0.25, 0.3) is 0 Å². The first-order valence-corrected chi connectivity index (χ1v) is 19.7. The number of fused-ring (bicyclic) bond motifs is 14. The van der Waals surface area contributed by atoms with Crippen LogP contribution in [0.15, 0.2) is 199 Å². The first-order valence-electron chi connectivity index (χ1n) is 19.7. The second-order valence-electron chi connectivity index (χ2n) is 15.5. The Balaban J connectivity index is 1.12. The second-order valence-corrected chi connectivity index (χ2v) is 15.5. The summed E-state index contributed by atoms with van der Waals surface area (Å²) in [7, 11) is 0. The molecular weight excluding hydrogens is 689 g/mol. The predicted octanol–water partition coefficient (Wildman–Crippen LogP) is 16.1. The molecule has 262 valence electrons. The molecule has 0 unspecified atom stereocenters. The molecule has 1 heterocycles. The Hall–Kier alpha value is -7.48. The molecule has 13 rings (SSSR count). The molecule has 1 heteroatoms. The molecule has 57 heavy (non-hydrogen) atoms. The summed E-state index contributed by atoms with van der Waals surface area (Å²) in [5.74, 6) is 0. The molecule has 1 aromatic heterocycles. The van der Waals surface area contributed by atoms with Gasteiger partial charge in [-0.2, -0.15) is 0 Å². The number of benzene rings is 12. The van der Waals surface area contributed by atoms with Crippen LogP contribution >= 0.6 is 0 Å². The zero-order valence-electron chi connectivity index (χ0n) is 30.9. The summed E-state index contributed by atoms with van der Waals surface area (Å²) in [6.45, 7) is 0. The van der Waals surface area contributed by atoms with Crippen LogP contribution in [-0.2, 0) is 0 Å². The topological polar surface area (TPSA) is 13.1 Å². The standard InChI is InChI=1S/C56H32O/c1-2-14-34-29-47-46(28-33(34)13-1)40-19-7-8-20-41(40)49-32-53-51(31-48(47)49)50-30-37(25-26-52(50)57-53)54-42-21-9-11-23-44(42)56(45-24-12-10-22-43(45)54)55-38-17-5-3-15-35(38)27-36-16-4-6-18-39(36)55/h1-32H. The van der Waals surface area contributed by atoms with Gasteiger partial charge in [0, 0.05) is 10.8 Å². The predicted molar refractivity (Wildman–Crippen MR) is 245 cm³/mol. The Morgan fingerprint density at radius 3 is 1.19 bits per heavy atom. The van der Waals surface area contributed by atoms with Crippen LogP contribution in [0.25, 0.3) is 130 Å². The van der Waals surface area contributed by atoms with Crippen molar-refractivity contribution in [3.63, 3.8) is 0 Å². The summed E-state index contributed by atoms with van der Waals surface area (Å²) in [6, 6.07) is 71.7. The minimum absolute atomic E-state index is 0.899. The largest absolute Gasteiger partial charge is 0.456 e. The lowest BCUT2D eigenvalue weighted by Gasteiger charge is -2.20. The fraction of sp³-hybridized carbons (Fsp3) is 0. The molecule has 0 aliphatic carbocycles. The average Bonchev–Trinajstić information content (AvgIpc) is 3.63. The minimum atomic E-state index is 0.899. The normalized spacial score (nSPS) is 12.2. The van der Waals surface area contributed by atoms with Crippen molar-refractivity contribution in [2.75, 3.05) is 0 Å². The third-order valence-electron chi connectivity index (χ3n) is 12.5. The molecule has 0 atom stereocenters. The van der Waals surface area contributed by atoms with Gasteiger partial charge >= 0.3 is 0 Å². The van der Waals surface area contributed by atoms with E-state index in [1.165, 1.54) is 108 Å². The maximum Gasteiger partial charge on any atom is 0.136 e. The zero-order valence-corrected chi connectivity index (χ0v) is 30.9. The van der Waals surface area contributed by atoms with Gasteiger partial charge in [-0.15, -0.1) is 0 Å². The van der Waals surface area contributed by atoms with Crippen molar-refractivity contribution < 1.29 is 4.42 Å². The Kier molecular flexibility index (Phi) is 6.23. The van der Waals surface area contributed by atoms with Crippen molar-refractivity contribution >= 4 is 108 Å². The third kappa shape index (κ3) is 4.34. The summed E-state index contributed by atoms with van der Waals surface area (Å²) in [4.78, 5) is 0. The summed E-state index contributed by atoms with van der Waals surface area (Å²) in [5, 5.41) is 22.3. The van der Waals surface area contributed by atoms with E-state index in [-0.39, 0.29) is 0 Å². The smallest absolute Gasteiger partial charge is 0.136 e. The molecule has 13 aromatic rings. The lowest BCUT2D eigenvalue weighted by molar-refractivity contribution is 0.669. The van der Waals surface area contributed by atoms with E-state index in [9.17, 15) is 0 Å². The third-order valence-corrected chi connectivity index (χ3v) is 12.5. The van der Waals surface area contributed by atoms with Gasteiger partial charge in [0.2, 0.25) is 0 Å². The van der Waals surface area contributed by atoms with Gasteiger partial charge in [-0.3, -0.25) is 0 Å². The van der Waals surface area contributed by atoms with Gasteiger partial charge in [-0.1, -0.05) is 152 Å². The minimum Gasteiger partial charge on any atom is -0.456 e. The fourth-order valence-corrected chi connectivity index (χ4v) is 10.1. The van der Waals surface area contributed by atoms with Gasteiger partial charge in [0.05, 0.1) is 0 Å². The van der Waals surface area contributed by atoms with Crippen molar-refractivity contribution in [2.24, 2.45) is 0 Å². The number of furan rings is 1. The van der Waals surface area contributed by atoms with E-state index in [0.29, 0.717) is 0 Å². The summed E-state index contributed by atoms with van der Waals surface area (Å²) in [5.41, 5.74) is 6.81. The van der Waals surface area contributed by atoms with Crippen molar-refractivity contribution in [1.82, 2.24) is 0 Å². The molecule has 1 nitrogen and oxygen atoms in total. The number of hydrogen-bond donors (Lipinski definition) is 0. The average molecular weight is 721 g/mol. The monoisotopic (exact) mass is 720 g/mol. The highest BCUT2D eigenvalue weighted by Gasteiger charge is 2.21. The SMILES string of the molecule is c1ccc2cc3c(cc2c1)c1ccccc1c1cc2oc4ccc(-c5c6ccccc6c(-c6c7ccccc7cc7ccccc67)c6ccccc56)cc4c2cc31. The Morgan fingerprint density at radius 1 is 0.211 bits per heavy atom. The molecule has 12 aromatic carbocycles. The highest BCUT2D eigenvalue weighted by molar-refractivity contribution is 6.31. The second kappa shape index (κ2) is 11.5. The first kappa shape index (κ1) is 30.8.